The Morgan fingerprint density at radius 1 is 1.13 bits per heavy atom. The van der Waals surface area contributed by atoms with Crippen molar-refractivity contribution >= 4 is 57.3 Å². The molecule has 0 aliphatic carbocycles. The highest BCUT2D eigenvalue weighted by Gasteiger charge is 2.11. The van der Waals surface area contributed by atoms with Crippen LogP contribution >= 0.6 is 45.5 Å². The number of nitrogens with one attached hydrogen (secondary N) is 2. The van der Waals surface area contributed by atoms with Gasteiger partial charge in [-0.05, 0) is 71.0 Å². The number of hydrogen-bond donors (Lipinski definition) is 2. The van der Waals surface area contributed by atoms with Crippen molar-refractivity contribution in [3.05, 3.63) is 78.8 Å². The summed E-state index contributed by atoms with van der Waals surface area (Å²) in [5.74, 6) is 0.140. The number of hydrogen-bond acceptors (Lipinski definition) is 5. The van der Waals surface area contributed by atoms with Crippen LogP contribution in [0.2, 0.25) is 5.02 Å². The fourth-order valence-electron chi connectivity index (χ4n) is 2.50. The van der Waals surface area contributed by atoms with E-state index in [1.54, 1.807) is 5.38 Å². The van der Waals surface area contributed by atoms with Gasteiger partial charge < -0.3 is 15.4 Å². The molecule has 9 heteroatoms. The Kier molecular flexibility index (Phi) is 8.47. The Bertz CT molecular complexity index is 1010. The Hall–Kier alpha value is -2.17. The van der Waals surface area contributed by atoms with Crippen LogP contribution in [0.4, 0.5) is 0 Å². The Labute approximate surface area is 197 Å². The first-order valence-electron chi connectivity index (χ1n) is 9.12. The number of nitrogens with zero attached hydrogens (tertiary/aromatic N) is 1. The van der Waals surface area contributed by atoms with Crippen LogP contribution in [0.3, 0.4) is 0 Å². The maximum absolute atomic E-state index is 12.2. The number of benzene rings is 2. The van der Waals surface area contributed by atoms with E-state index in [1.807, 2.05) is 48.5 Å². The number of thiazole rings is 1. The molecule has 0 saturated heterocycles. The average molecular weight is 556 g/mol. The molecule has 0 atom stereocenters. The standard InChI is InChI=1S/C21H19ClIN3O3S/c22-15-3-1-2-14(10-15)8-9-24-21(28)18-13-30-20(26-18)11-25-19(27)12-29-17-6-4-16(23)5-7-17/h1-7,10,13H,8-9,11-12H2,(H,24,28)(H,25,27). The molecule has 3 aromatic rings. The van der Waals surface area contributed by atoms with E-state index in [2.05, 4.69) is 38.2 Å². The Balaban J connectivity index is 1.38. The topological polar surface area (TPSA) is 80.3 Å². The van der Waals surface area contributed by atoms with Crippen molar-refractivity contribution in [1.82, 2.24) is 15.6 Å². The summed E-state index contributed by atoms with van der Waals surface area (Å²) in [4.78, 5) is 28.5. The predicted molar refractivity (Wildman–Crippen MR) is 126 cm³/mol. The van der Waals surface area contributed by atoms with Crippen molar-refractivity contribution in [2.45, 2.75) is 13.0 Å². The summed E-state index contributed by atoms with van der Waals surface area (Å²) in [6.45, 7) is 0.650. The summed E-state index contributed by atoms with van der Waals surface area (Å²) in [7, 11) is 0. The molecular formula is C21H19ClIN3O3S. The van der Waals surface area contributed by atoms with Crippen LogP contribution in [0.5, 0.6) is 5.75 Å². The molecule has 6 nitrogen and oxygen atoms in total. The summed E-state index contributed by atoms with van der Waals surface area (Å²) in [6.07, 6.45) is 0.680. The van der Waals surface area contributed by atoms with Gasteiger partial charge in [-0.3, -0.25) is 9.59 Å². The van der Waals surface area contributed by atoms with E-state index in [0.717, 1.165) is 9.13 Å². The molecule has 2 amide bonds. The van der Waals surface area contributed by atoms with Crippen LogP contribution in [-0.2, 0) is 17.8 Å². The fourth-order valence-corrected chi connectivity index (χ4v) is 3.79. The van der Waals surface area contributed by atoms with Gasteiger partial charge in [0, 0.05) is 20.5 Å². The third-order valence-corrected chi connectivity index (χ3v) is 5.80. The summed E-state index contributed by atoms with van der Waals surface area (Å²) in [6, 6.07) is 15.0. The summed E-state index contributed by atoms with van der Waals surface area (Å²) in [5, 5.41) is 8.59. The average Bonchev–Trinajstić information content (AvgIpc) is 3.21. The fraction of sp³-hybridized carbons (Fsp3) is 0.190. The van der Waals surface area contributed by atoms with Gasteiger partial charge in [0.25, 0.3) is 11.8 Å². The van der Waals surface area contributed by atoms with Gasteiger partial charge in [0.05, 0.1) is 6.54 Å². The predicted octanol–water partition coefficient (Wildman–Crippen LogP) is 4.07. The number of amides is 2. The minimum Gasteiger partial charge on any atom is -0.484 e. The zero-order valence-electron chi connectivity index (χ0n) is 15.9. The maximum atomic E-state index is 12.2. The number of carbonyl (C=O) groups is 2. The monoisotopic (exact) mass is 555 g/mol. The van der Waals surface area contributed by atoms with E-state index in [0.29, 0.717) is 34.4 Å². The van der Waals surface area contributed by atoms with Crippen LogP contribution in [-0.4, -0.2) is 29.9 Å². The molecule has 3 rings (SSSR count). The Morgan fingerprint density at radius 3 is 2.70 bits per heavy atom. The smallest absolute Gasteiger partial charge is 0.270 e. The van der Waals surface area contributed by atoms with E-state index in [4.69, 9.17) is 16.3 Å². The van der Waals surface area contributed by atoms with Gasteiger partial charge in [0.2, 0.25) is 0 Å². The molecule has 0 bridgehead atoms. The second kappa shape index (κ2) is 11.3. The van der Waals surface area contributed by atoms with E-state index >= 15 is 0 Å². The summed E-state index contributed by atoms with van der Waals surface area (Å²) in [5.41, 5.74) is 1.39. The van der Waals surface area contributed by atoms with E-state index in [9.17, 15) is 9.59 Å². The molecule has 0 saturated carbocycles. The molecule has 0 aliphatic rings. The molecule has 156 valence electrons. The molecule has 0 unspecified atom stereocenters. The van der Waals surface area contributed by atoms with Crippen LogP contribution < -0.4 is 15.4 Å². The third kappa shape index (κ3) is 7.26. The van der Waals surface area contributed by atoms with Crippen LogP contribution in [0.1, 0.15) is 21.1 Å². The van der Waals surface area contributed by atoms with Crippen molar-refractivity contribution in [2.24, 2.45) is 0 Å². The van der Waals surface area contributed by atoms with Crippen molar-refractivity contribution in [1.29, 1.82) is 0 Å². The number of halogens is 2. The SMILES string of the molecule is O=C(COc1ccc(I)cc1)NCc1nc(C(=O)NCCc2cccc(Cl)c2)cs1. The molecule has 30 heavy (non-hydrogen) atoms. The van der Waals surface area contributed by atoms with E-state index < -0.39 is 0 Å². The number of ether oxygens (including phenoxy) is 1. The van der Waals surface area contributed by atoms with Crippen molar-refractivity contribution in [3.63, 3.8) is 0 Å². The van der Waals surface area contributed by atoms with Gasteiger partial charge in [-0.25, -0.2) is 4.98 Å². The molecule has 2 aromatic carbocycles. The lowest BCUT2D eigenvalue weighted by atomic mass is 10.1. The zero-order valence-corrected chi connectivity index (χ0v) is 19.6. The molecule has 0 radical (unpaired) electrons. The van der Waals surface area contributed by atoms with Crippen LogP contribution in [0, 0.1) is 3.57 Å². The summed E-state index contributed by atoms with van der Waals surface area (Å²) >= 11 is 9.48. The van der Waals surface area contributed by atoms with Gasteiger partial charge in [-0.2, -0.15) is 0 Å². The second-order valence-corrected chi connectivity index (χ2v) is 8.91. The van der Waals surface area contributed by atoms with E-state index in [1.165, 1.54) is 11.3 Å². The van der Waals surface area contributed by atoms with Gasteiger partial charge in [0.1, 0.15) is 16.5 Å². The first-order valence-corrected chi connectivity index (χ1v) is 11.5. The quantitative estimate of drug-likeness (QED) is 0.390. The Morgan fingerprint density at radius 2 is 1.93 bits per heavy atom. The number of rotatable bonds is 9. The lowest BCUT2D eigenvalue weighted by molar-refractivity contribution is -0.123. The highest BCUT2D eigenvalue weighted by Crippen LogP contribution is 2.14. The largest absolute Gasteiger partial charge is 0.484 e. The normalized spacial score (nSPS) is 10.5. The zero-order chi connectivity index (χ0) is 21.3. The van der Waals surface area contributed by atoms with Gasteiger partial charge >= 0.3 is 0 Å². The van der Waals surface area contributed by atoms with Gasteiger partial charge in [-0.15, -0.1) is 11.3 Å². The first-order chi connectivity index (χ1) is 14.5. The molecule has 2 N–H and O–H groups in total. The van der Waals surface area contributed by atoms with Crippen molar-refractivity contribution < 1.29 is 14.3 Å². The second-order valence-electron chi connectivity index (χ2n) is 6.28. The molecular weight excluding hydrogens is 537 g/mol. The molecule has 0 aliphatic heterocycles. The van der Waals surface area contributed by atoms with Crippen LogP contribution in [0.25, 0.3) is 0 Å². The lowest BCUT2D eigenvalue weighted by Gasteiger charge is -2.06. The minimum atomic E-state index is -0.253. The van der Waals surface area contributed by atoms with Gasteiger partial charge in [0.15, 0.2) is 6.61 Å². The first kappa shape index (κ1) is 22.5. The third-order valence-electron chi connectivity index (χ3n) is 3.99. The van der Waals surface area contributed by atoms with Crippen LogP contribution in [0.15, 0.2) is 53.9 Å². The van der Waals surface area contributed by atoms with E-state index in [-0.39, 0.29) is 25.0 Å². The summed E-state index contributed by atoms with van der Waals surface area (Å²) < 4.78 is 6.53. The van der Waals surface area contributed by atoms with Gasteiger partial charge in [-0.1, -0.05) is 23.7 Å². The van der Waals surface area contributed by atoms with Crippen molar-refractivity contribution in [3.8, 4) is 5.75 Å². The van der Waals surface area contributed by atoms with Crippen molar-refractivity contribution in [2.75, 3.05) is 13.2 Å². The minimum absolute atomic E-state index is 0.0805. The highest BCUT2D eigenvalue weighted by atomic mass is 127. The molecule has 0 spiro atoms. The maximum Gasteiger partial charge on any atom is 0.270 e. The lowest BCUT2D eigenvalue weighted by Crippen LogP contribution is -2.28. The highest BCUT2D eigenvalue weighted by molar-refractivity contribution is 14.1. The number of aromatic nitrogens is 1. The number of carbonyl (C=O) groups excluding carboxylic acids is 2. The molecule has 0 fully saturated rings. The molecule has 1 aromatic heterocycles. The molecule has 1 heterocycles.